The Hall–Kier alpha value is -2.13. The lowest BCUT2D eigenvalue weighted by molar-refractivity contribution is -0.138. The van der Waals surface area contributed by atoms with Crippen LogP contribution in [-0.4, -0.2) is 29.3 Å². The molecule has 108 valence electrons. The van der Waals surface area contributed by atoms with Crippen LogP contribution in [0.3, 0.4) is 0 Å². The zero-order valence-electron chi connectivity index (χ0n) is 11.1. The van der Waals surface area contributed by atoms with Gasteiger partial charge >= 0.3 is 6.03 Å². The fourth-order valence-corrected chi connectivity index (χ4v) is 2.66. The van der Waals surface area contributed by atoms with E-state index in [0.29, 0.717) is 22.9 Å². The number of hydrogen-bond acceptors (Lipinski definition) is 3. The van der Waals surface area contributed by atoms with Gasteiger partial charge in [-0.25, -0.2) is 4.79 Å². The Morgan fingerprint density at radius 2 is 2.00 bits per heavy atom. The van der Waals surface area contributed by atoms with Crippen molar-refractivity contribution >= 4 is 33.8 Å². The van der Waals surface area contributed by atoms with Gasteiger partial charge < -0.3 is 0 Å². The Kier molecular flexibility index (Phi) is 4.76. The van der Waals surface area contributed by atoms with Crippen LogP contribution in [0.2, 0.25) is 0 Å². The van der Waals surface area contributed by atoms with E-state index in [1.165, 1.54) is 0 Å². The molecule has 1 N–H and O–H groups in total. The quantitative estimate of drug-likeness (QED) is 0.514. The molecule has 4 amide bonds. The molecule has 1 heterocycles. The highest BCUT2D eigenvalue weighted by atomic mass is 79.9. The van der Waals surface area contributed by atoms with Gasteiger partial charge in [0.25, 0.3) is 0 Å². The van der Waals surface area contributed by atoms with Crippen molar-refractivity contribution in [1.82, 2.24) is 10.2 Å². The lowest BCUT2D eigenvalue weighted by atomic mass is 9.95. The summed E-state index contributed by atoms with van der Waals surface area (Å²) < 4.78 is 0.649. The highest BCUT2D eigenvalue weighted by Gasteiger charge is 2.41. The molecule has 1 aromatic carbocycles. The highest BCUT2D eigenvalue weighted by Crippen LogP contribution is 2.28. The van der Waals surface area contributed by atoms with E-state index < -0.39 is 23.8 Å². The Morgan fingerprint density at radius 3 is 2.67 bits per heavy atom. The minimum atomic E-state index is -1.02. The SMILES string of the molecule is C#CCCCN1C(=O)NC(=O)C(c2ccccc2Br)C1=O. The first-order valence-electron chi connectivity index (χ1n) is 6.40. The molecule has 1 saturated heterocycles. The summed E-state index contributed by atoms with van der Waals surface area (Å²) in [4.78, 5) is 37.3. The molecule has 0 bridgehead atoms. The molecule has 5 nitrogen and oxygen atoms in total. The number of hydrogen-bond donors (Lipinski definition) is 1. The fraction of sp³-hybridized carbons (Fsp3) is 0.267. The van der Waals surface area contributed by atoms with Gasteiger partial charge in [0.15, 0.2) is 0 Å². The Bertz CT molecular complexity index is 636. The van der Waals surface area contributed by atoms with Gasteiger partial charge in [-0.15, -0.1) is 12.3 Å². The van der Waals surface area contributed by atoms with E-state index in [1.807, 2.05) is 0 Å². The molecule has 1 aliphatic heterocycles. The second kappa shape index (κ2) is 6.55. The maximum atomic E-state index is 12.5. The van der Waals surface area contributed by atoms with Gasteiger partial charge in [0, 0.05) is 17.4 Å². The number of carbonyl (C=O) groups is 3. The lowest BCUT2D eigenvalue weighted by Crippen LogP contribution is -2.57. The summed E-state index contributed by atoms with van der Waals surface area (Å²) in [7, 11) is 0. The van der Waals surface area contributed by atoms with Crippen LogP contribution in [-0.2, 0) is 9.59 Å². The number of halogens is 1. The Morgan fingerprint density at radius 1 is 1.29 bits per heavy atom. The van der Waals surface area contributed by atoms with Crippen molar-refractivity contribution in [2.24, 2.45) is 0 Å². The van der Waals surface area contributed by atoms with E-state index in [0.717, 1.165) is 4.90 Å². The average Bonchev–Trinajstić information content (AvgIpc) is 2.44. The largest absolute Gasteiger partial charge is 0.330 e. The molecule has 0 aliphatic carbocycles. The number of amides is 4. The number of barbiturate groups is 1. The summed E-state index contributed by atoms with van der Waals surface area (Å²) in [6.07, 6.45) is 6.13. The van der Waals surface area contributed by atoms with Crippen molar-refractivity contribution in [3.63, 3.8) is 0 Å². The summed E-state index contributed by atoms with van der Waals surface area (Å²) in [5, 5.41) is 2.22. The van der Waals surface area contributed by atoms with Gasteiger partial charge in [-0.05, 0) is 18.1 Å². The monoisotopic (exact) mass is 348 g/mol. The third-order valence-electron chi connectivity index (χ3n) is 3.17. The van der Waals surface area contributed by atoms with Crippen LogP contribution in [0.25, 0.3) is 0 Å². The third-order valence-corrected chi connectivity index (χ3v) is 3.89. The molecule has 1 unspecified atom stereocenters. The topological polar surface area (TPSA) is 66.5 Å². The van der Waals surface area contributed by atoms with Crippen LogP contribution < -0.4 is 5.32 Å². The number of unbranched alkanes of at least 4 members (excludes halogenated alkanes) is 1. The molecule has 2 rings (SSSR count). The van der Waals surface area contributed by atoms with Crippen LogP contribution in [0, 0.1) is 12.3 Å². The molecule has 6 heteroatoms. The molecule has 1 fully saturated rings. The number of nitrogens with one attached hydrogen (secondary N) is 1. The van der Waals surface area contributed by atoms with Crippen LogP contribution in [0.4, 0.5) is 4.79 Å². The molecule has 0 saturated carbocycles. The molecular formula is C15H13BrN2O3. The van der Waals surface area contributed by atoms with Gasteiger partial charge in [-0.2, -0.15) is 0 Å². The first kappa shape index (κ1) is 15.3. The summed E-state index contributed by atoms with van der Waals surface area (Å²) >= 11 is 3.32. The smallest absolute Gasteiger partial charge is 0.277 e. The van der Waals surface area contributed by atoms with Crippen LogP contribution >= 0.6 is 15.9 Å². The van der Waals surface area contributed by atoms with Crippen molar-refractivity contribution in [3.05, 3.63) is 34.3 Å². The van der Waals surface area contributed by atoms with E-state index in [4.69, 9.17) is 6.42 Å². The lowest BCUT2D eigenvalue weighted by Gasteiger charge is -2.30. The van der Waals surface area contributed by atoms with Gasteiger partial charge in [-0.1, -0.05) is 34.1 Å². The van der Waals surface area contributed by atoms with Crippen molar-refractivity contribution in [2.45, 2.75) is 18.8 Å². The van der Waals surface area contributed by atoms with Crippen molar-refractivity contribution in [2.75, 3.05) is 6.54 Å². The fourth-order valence-electron chi connectivity index (χ4n) is 2.15. The van der Waals surface area contributed by atoms with E-state index in [1.54, 1.807) is 24.3 Å². The molecule has 1 atom stereocenters. The first-order valence-corrected chi connectivity index (χ1v) is 7.19. The molecule has 0 radical (unpaired) electrons. The van der Waals surface area contributed by atoms with Crippen molar-refractivity contribution in [1.29, 1.82) is 0 Å². The number of terminal acetylenes is 1. The molecule has 1 aliphatic rings. The van der Waals surface area contributed by atoms with Gasteiger partial charge in [-0.3, -0.25) is 19.8 Å². The minimum absolute atomic E-state index is 0.198. The number of nitrogens with zero attached hydrogens (tertiary/aromatic N) is 1. The predicted octanol–water partition coefficient (Wildman–Crippen LogP) is 2.02. The second-order valence-electron chi connectivity index (χ2n) is 4.55. The van der Waals surface area contributed by atoms with Crippen LogP contribution in [0.5, 0.6) is 0 Å². The number of rotatable bonds is 4. The normalized spacial score (nSPS) is 18.4. The number of benzene rings is 1. The molecule has 1 aromatic rings. The van der Waals surface area contributed by atoms with Crippen molar-refractivity contribution in [3.8, 4) is 12.3 Å². The standard InChI is InChI=1S/C15H13BrN2O3/c1-2-3-6-9-18-14(20)12(13(19)17-15(18)21)10-7-4-5-8-11(10)16/h1,4-5,7-8,12H,3,6,9H2,(H,17,19,21). The van der Waals surface area contributed by atoms with Gasteiger partial charge in [0.1, 0.15) is 5.92 Å². The number of urea groups is 1. The molecule has 21 heavy (non-hydrogen) atoms. The Labute approximate surface area is 130 Å². The van der Waals surface area contributed by atoms with E-state index >= 15 is 0 Å². The highest BCUT2D eigenvalue weighted by molar-refractivity contribution is 9.10. The minimum Gasteiger partial charge on any atom is -0.277 e. The zero-order valence-corrected chi connectivity index (χ0v) is 12.7. The van der Waals surface area contributed by atoms with Gasteiger partial charge in [0.05, 0.1) is 0 Å². The van der Waals surface area contributed by atoms with Crippen LogP contribution in [0.1, 0.15) is 24.3 Å². The maximum absolute atomic E-state index is 12.5. The van der Waals surface area contributed by atoms with E-state index in [9.17, 15) is 14.4 Å². The Balaban J connectivity index is 2.27. The third kappa shape index (κ3) is 3.14. The maximum Gasteiger partial charge on any atom is 0.330 e. The van der Waals surface area contributed by atoms with Gasteiger partial charge in [0.2, 0.25) is 11.8 Å². The zero-order chi connectivity index (χ0) is 15.4. The van der Waals surface area contributed by atoms with Crippen LogP contribution in [0.15, 0.2) is 28.7 Å². The van der Waals surface area contributed by atoms with E-state index in [2.05, 4.69) is 27.2 Å². The predicted molar refractivity (Wildman–Crippen MR) is 80.2 cm³/mol. The number of carbonyl (C=O) groups excluding carboxylic acids is 3. The summed E-state index contributed by atoms with van der Waals surface area (Å²) in [6.45, 7) is 0.198. The number of imide groups is 2. The van der Waals surface area contributed by atoms with E-state index in [-0.39, 0.29) is 6.54 Å². The second-order valence-corrected chi connectivity index (χ2v) is 5.40. The summed E-state index contributed by atoms with van der Waals surface area (Å²) in [5.74, 6) is 0.303. The summed E-state index contributed by atoms with van der Waals surface area (Å²) in [5.41, 5.74) is 0.537. The average molecular weight is 349 g/mol. The molecule has 0 aromatic heterocycles. The first-order chi connectivity index (χ1) is 10.1. The van der Waals surface area contributed by atoms with Crippen molar-refractivity contribution < 1.29 is 14.4 Å². The summed E-state index contributed by atoms with van der Waals surface area (Å²) in [6, 6.07) is 6.26. The molecule has 0 spiro atoms. The molecular weight excluding hydrogens is 336 g/mol.